The minimum Gasteiger partial charge on any atom is -0.459 e. The van der Waals surface area contributed by atoms with Gasteiger partial charge in [0.05, 0.1) is 6.26 Å². The quantitative estimate of drug-likeness (QED) is 0.801. The number of carbonyl (C=O) groups is 1. The van der Waals surface area contributed by atoms with Gasteiger partial charge in [-0.2, -0.15) is 0 Å². The van der Waals surface area contributed by atoms with Crippen molar-refractivity contribution in [2.75, 3.05) is 11.4 Å². The van der Waals surface area contributed by atoms with Gasteiger partial charge >= 0.3 is 0 Å². The van der Waals surface area contributed by atoms with Crippen molar-refractivity contribution in [3.05, 3.63) is 54.5 Å². The van der Waals surface area contributed by atoms with Crippen molar-refractivity contribution >= 4 is 11.6 Å². The number of hydrogen-bond acceptors (Lipinski definition) is 2. The van der Waals surface area contributed by atoms with Crippen LogP contribution in [0.1, 0.15) is 30.3 Å². The first-order chi connectivity index (χ1) is 8.83. The summed E-state index contributed by atoms with van der Waals surface area (Å²) in [6.07, 6.45) is 3.55. The van der Waals surface area contributed by atoms with Crippen LogP contribution in [0.5, 0.6) is 0 Å². The molecule has 0 bridgehead atoms. The number of nitrogens with zero attached hydrogens (tertiary/aromatic N) is 1. The van der Waals surface area contributed by atoms with E-state index in [1.165, 1.54) is 6.26 Å². The molecule has 2 aromatic rings. The lowest BCUT2D eigenvalue weighted by Gasteiger charge is -2.21. The number of carbonyl (C=O) groups excluding carboxylic acids is 1. The van der Waals surface area contributed by atoms with Crippen molar-refractivity contribution in [1.29, 1.82) is 0 Å². The predicted octanol–water partition coefficient (Wildman–Crippen LogP) is 3.73. The Bertz CT molecular complexity index is 476. The molecule has 3 heteroatoms. The zero-order valence-corrected chi connectivity index (χ0v) is 10.5. The van der Waals surface area contributed by atoms with E-state index in [-0.39, 0.29) is 5.91 Å². The van der Waals surface area contributed by atoms with Crippen molar-refractivity contribution in [2.24, 2.45) is 0 Å². The predicted molar refractivity (Wildman–Crippen MR) is 71.7 cm³/mol. The van der Waals surface area contributed by atoms with Crippen LogP contribution in [-0.2, 0) is 0 Å². The largest absolute Gasteiger partial charge is 0.459 e. The molecule has 0 aliphatic rings. The molecule has 94 valence electrons. The molecule has 0 aliphatic heterocycles. The van der Waals surface area contributed by atoms with Gasteiger partial charge in [0.2, 0.25) is 0 Å². The Hall–Kier alpha value is -2.03. The SMILES string of the molecule is CCCCN(C(=O)c1ccco1)c1ccccc1. The number of furan rings is 1. The molecule has 0 N–H and O–H groups in total. The molecule has 1 aromatic carbocycles. The topological polar surface area (TPSA) is 33.5 Å². The summed E-state index contributed by atoms with van der Waals surface area (Å²) in [5.74, 6) is 0.301. The van der Waals surface area contributed by atoms with E-state index < -0.39 is 0 Å². The van der Waals surface area contributed by atoms with Crippen LogP contribution in [0.4, 0.5) is 5.69 Å². The van der Waals surface area contributed by atoms with E-state index in [0.29, 0.717) is 12.3 Å². The molecule has 1 amide bonds. The van der Waals surface area contributed by atoms with Crippen molar-refractivity contribution in [2.45, 2.75) is 19.8 Å². The van der Waals surface area contributed by atoms with Gasteiger partial charge in [0.1, 0.15) is 0 Å². The molecule has 0 spiro atoms. The van der Waals surface area contributed by atoms with Gasteiger partial charge in [0.15, 0.2) is 5.76 Å². The zero-order valence-electron chi connectivity index (χ0n) is 10.5. The van der Waals surface area contributed by atoms with E-state index in [1.807, 2.05) is 30.3 Å². The minimum absolute atomic E-state index is 0.0837. The Morgan fingerprint density at radius 3 is 2.56 bits per heavy atom. The highest BCUT2D eigenvalue weighted by molar-refractivity contribution is 6.04. The first-order valence-electron chi connectivity index (χ1n) is 6.23. The third-order valence-corrected chi connectivity index (χ3v) is 2.78. The summed E-state index contributed by atoms with van der Waals surface area (Å²) >= 11 is 0. The van der Waals surface area contributed by atoms with E-state index in [0.717, 1.165) is 18.5 Å². The normalized spacial score (nSPS) is 10.3. The molecule has 0 atom stereocenters. The van der Waals surface area contributed by atoms with Gasteiger partial charge in [-0.25, -0.2) is 0 Å². The first kappa shape index (κ1) is 12.4. The van der Waals surface area contributed by atoms with Gasteiger partial charge < -0.3 is 9.32 Å². The van der Waals surface area contributed by atoms with Gasteiger partial charge in [-0.1, -0.05) is 31.5 Å². The molecule has 1 heterocycles. The van der Waals surface area contributed by atoms with Crippen molar-refractivity contribution in [3.63, 3.8) is 0 Å². The van der Waals surface area contributed by atoms with Crippen LogP contribution in [-0.4, -0.2) is 12.5 Å². The summed E-state index contributed by atoms with van der Waals surface area (Å²) in [6.45, 7) is 2.82. The molecule has 0 radical (unpaired) electrons. The highest BCUT2D eigenvalue weighted by Crippen LogP contribution is 2.17. The Morgan fingerprint density at radius 1 is 1.17 bits per heavy atom. The van der Waals surface area contributed by atoms with Crippen LogP contribution >= 0.6 is 0 Å². The third-order valence-electron chi connectivity index (χ3n) is 2.78. The summed E-state index contributed by atoms with van der Waals surface area (Å²) in [5.41, 5.74) is 0.910. The summed E-state index contributed by atoms with van der Waals surface area (Å²) in [4.78, 5) is 14.1. The lowest BCUT2D eigenvalue weighted by molar-refractivity contribution is 0.0960. The lowest BCUT2D eigenvalue weighted by Crippen LogP contribution is -2.31. The minimum atomic E-state index is -0.0837. The number of para-hydroxylation sites is 1. The molecule has 1 aromatic heterocycles. The number of amides is 1. The Kier molecular flexibility index (Phi) is 4.18. The Labute approximate surface area is 107 Å². The van der Waals surface area contributed by atoms with Crippen LogP contribution in [0, 0.1) is 0 Å². The van der Waals surface area contributed by atoms with Crippen LogP contribution in [0.3, 0.4) is 0 Å². The fraction of sp³-hybridized carbons (Fsp3) is 0.267. The van der Waals surface area contributed by atoms with Gasteiger partial charge in [-0.15, -0.1) is 0 Å². The van der Waals surface area contributed by atoms with E-state index in [9.17, 15) is 4.79 Å². The first-order valence-corrected chi connectivity index (χ1v) is 6.23. The van der Waals surface area contributed by atoms with Crippen molar-refractivity contribution in [1.82, 2.24) is 0 Å². The highest BCUT2D eigenvalue weighted by Gasteiger charge is 2.18. The van der Waals surface area contributed by atoms with Gasteiger partial charge in [-0.3, -0.25) is 4.79 Å². The monoisotopic (exact) mass is 243 g/mol. The standard InChI is InChI=1S/C15H17NO2/c1-2-3-11-16(13-8-5-4-6-9-13)15(17)14-10-7-12-18-14/h4-10,12H,2-3,11H2,1H3. The number of hydrogen-bond donors (Lipinski definition) is 0. The smallest absolute Gasteiger partial charge is 0.293 e. The second kappa shape index (κ2) is 6.05. The second-order valence-corrected chi connectivity index (χ2v) is 4.12. The molecule has 0 unspecified atom stereocenters. The van der Waals surface area contributed by atoms with Gasteiger partial charge in [-0.05, 0) is 30.7 Å². The summed E-state index contributed by atoms with van der Waals surface area (Å²) in [7, 11) is 0. The van der Waals surface area contributed by atoms with Crippen molar-refractivity contribution < 1.29 is 9.21 Å². The van der Waals surface area contributed by atoms with Gasteiger partial charge in [0.25, 0.3) is 5.91 Å². The molecular formula is C15H17NO2. The van der Waals surface area contributed by atoms with Crippen LogP contribution in [0.2, 0.25) is 0 Å². The second-order valence-electron chi connectivity index (χ2n) is 4.12. The Balaban J connectivity index is 2.23. The van der Waals surface area contributed by atoms with Crippen LogP contribution in [0.25, 0.3) is 0 Å². The third kappa shape index (κ3) is 2.80. The summed E-state index contributed by atoms with van der Waals surface area (Å²) in [6, 6.07) is 13.1. The maximum Gasteiger partial charge on any atom is 0.293 e. The highest BCUT2D eigenvalue weighted by atomic mass is 16.3. The average Bonchev–Trinajstić information content (AvgIpc) is 2.94. The van der Waals surface area contributed by atoms with Crippen LogP contribution in [0.15, 0.2) is 53.1 Å². The molecule has 0 aliphatic carbocycles. The maximum atomic E-state index is 12.3. The lowest BCUT2D eigenvalue weighted by atomic mass is 10.2. The van der Waals surface area contributed by atoms with E-state index in [4.69, 9.17) is 4.42 Å². The molecule has 3 nitrogen and oxygen atoms in total. The van der Waals surface area contributed by atoms with Crippen LogP contribution < -0.4 is 4.90 Å². The Morgan fingerprint density at radius 2 is 1.94 bits per heavy atom. The molecule has 0 fully saturated rings. The number of anilines is 1. The zero-order chi connectivity index (χ0) is 12.8. The molecular weight excluding hydrogens is 226 g/mol. The molecule has 0 saturated carbocycles. The molecule has 2 rings (SSSR count). The number of unbranched alkanes of at least 4 members (excludes halogenated alkanes) is 1. The van der Waals surface area contributed by atoms with Crippen molar-refractivity contribution in [3.8, 4) is 0 Å². The summed E-state index contributed by atoms with van der Waals surface area (Å²) in [5, 5.41) is 0. The molecule has 18 heavy (non-hydrogen) atoms. The summed E-state index contributed by atoms with van der Waals surface area (Å²) < 4.78 is 5.19. The number of rotatable bonds is 5. The average molecular weight is 243 g/mol. The maximum absolute atomic E-state index is 12.3. The fourth-order valence-corrected chi connectivity index (χ4v) is 1.81. The number of benzene rings is 1. The van der Waals surface area contributed by atoms with Gasteiger partial charge in [0, 0.05) is 12.2 Å². The van der Waals surface area contributed by atoms with E-state index in [2.05, 4.69) is 6.92 Å². The van der Waals surface area contributed by atoms with E-state index >= 15 is 0 Å². The fourth-order valence-electron chi connectivity index (χ4n) is 1.81. The van der Waals surface area contributed by atoms with E-state index in [1.54, 1.807) is 17.0 Å². The molecule has 0 saturated heterocycles.